The average molecular weight is 263 g/mol. The van der Waals surface area contributed by atoms with Crippen molar-refractivity contribution in [2.45, 2.75) is 38.5 Å². The lowest BCUT2D eigenvalue weighted by Gasteiger charge is -2.42. The van der Waals surface area contributed by atoms with Gasteiger partial charge in [-0.05, 0) is 26.3 Å². The van der Waals surface area contributed by atoms with E-state index in [-0.39, 0.29) is 18.2 Å². The van der Waals surface area contributed by atoms with E-state index in [1.807, 2.05) is 51.1 Å². The molecular weight excluding hydrogens is 242 g/mol. The monoisotopic (exact) mass is 263 g/mol. The maximum absolute atomic E-state index is 12.0. The first kappa shape index (κ1) is 13.9. The number of carbonyl (C=O) groups is 1. The third-order valence-corrected chi connectivity index (χ3v) is 3.10. The van der Waals surface area contributed by atoms with Gasteiger partial charge in [0.15, 0.2) is 0 Å². The van der Waals surface area contributed by atoms with Crippen LogP contribution in [0.3, 0.4) is 0 Å². The number of amides is 1. The normalized spacial score (nSPS) is 22.5. The standard InChI is InChI=1S/C15H21NO3/c1-15(2,3)19-14(17)16(4)12-10-18-13(12)11-8-6-5-7-9-11/h5-9,12-13H,10H2,1-4H3/t12-,13-/m1/s1. The van der Waals surface area contributed by atoms with E-state index in [1.165, 1.54) is 0 Å². The van der Waals surface area contributed by atoms with E-state index in [0.717, 1.165) is 5.56 Å². The van der Waals surface area contributed by atoms with Crippen LogP contribution in [-0.4, -0.2) is 36.3 Å². The van der Waals surface area contributed by atoms with Crippen molar-refractivity contribution < 1.29 is 14.3 Å². The van der Waals surface area contributed by atoms with E-state index < -0.39 is 5.60 Å². The summed E-state index contributed by atoms with van der Waals surface area (Å²) in [5, 5.41) is 0. The molecule has 1 saturated heterocycles. The minimum absolute atomic E-state index is 0.0391. The van der Waals surface area contributed by atoms with Gasteiger partial charge in [-0.1, -0.05) is 30.3 Å². The Morgan fingerprint density at radius 1 is 1.32 bits per heavy atom. The van der Waals surface area contributed by atoms with Crippen molar-refractivity contribution >= 4 is 6.09 Å². The summed E-state index contributed by atoms with van der Waals surface area (Å²) in [5.41, 5.74) is 0.618. The van der Waals surface area contributed by atoms with Crippen molar-refractivity contribution in [1.82, 2.24) is 4.90 Å². The van der Waals surface area contributed by atoms with Crippen LogP contribution in [0.4, 0.5) is 4.79 Å². The minimum Gasteiger partial charge on any atom is -0.444 e. The second kappa shape index (κ2) is 5.21. The van der Waals surface area contributed by atoms with E-state index in [9.17, 15) is 4.79 Å². The Morgan fingerprint density at radius 3 is 2.42 bits per heavy atom. The summed E-state index contributed by atoms with van der Waals surface area (Å²) in [6.45, 7) is 6.15. The van der Waals surface area contributed by atoms with Gasteiger partial charge in [-0.15, -0.1) is 0 Å². The van der Waals surface area contributed by atoms with Crippen LogP contribution in [-0.2, 0) is 9.47 Å². The summed E-state index contributed by atoms with van der Waals surface area (Å²) in [5.74, 6) is 0. The Balaban J connectivity index is 2.01. The smallest absolute Gasteiger partial charge is 0.410 e. The van der Waals surface area contributed by atoms with Crippen LogP contribution in [0.5, 0.6) is 0 Å². The van der Waals surface area contributed by atoms with Gasteiger partial charge >= 0.3 is 6.09 Å². The predicted molar refractivity (Wildman–Crippen MR) is 72.9 cm³/mol. The van der Waals surface area contributed by atoms with E-state index in [1.54, 1.807) is 11.9 Å². The molecule has 4 heteroatoms. The highest BCUT2D eigenvalue weighted by Gasteiger charge is 2.39. The molecule has 0 radical (unpaired) electrons. The third-order valence-electron chi connectivity index (χ3n) is 3.10. The van der Waals surface area contributed by atoms with Gasteiger partial charge in [-0.25, -0.2) is 4.79 Å². The van der Waals surface area contributed by atoms with Crippen LogP contribution < -0.4 is 0 Å². The first-order valence-electron chi connectivity index (χ1n) is 6.51. The number of hydrogen-bond acceptors (Lipinski definition) is 3. The SMILES string of the molecule is CN(C(=O)OC(C)(C)C)[C@@H]1CO[C@@H]1c1ccccc1. The highest BCUT2D eigenvalue weighted by molar-refractivity contribution is 5.68. The van der Waals surface area contributed by atoms with Gasteiger partial charge in [0.05, 0.1) is 12.6 Å². The first-order chi connectivity index (χ1) is 8.88. The van der Waals surface area contributed by atoms with Gasteiger partial charge in [-0.2, -0.15) is 0 Å². The van der Waals surface area contributed by atoms with E-state index in [2.05, 4.69) is 0 Å². The van der Waals surface area contributed by atoms with Gasteiger partial charge in [0, 0.05) is 7.05 Å². The Morgan fingerprint density at radius 2 is 1.95 bits per heavy atom. The number of benzene rings is 1. The summed E-state index contributed by atoms with van der Waals surface area (Å²) < 4.78 is 11.0. The largest absolute Gasteiger partial charge is 0.444 e. The molecule has 1 aliphatic heterocycles. The third kappa shape index (κ3) is 3.26. The molecule has 1 heterocycles. The molecular formula is C15H21NO3. The minimum atomic E-state index is -0.474. The lowest BCUT2D eigenvalue weighted by Crippen LogP contribution is -2.52. The predicted octanol–water partition coefficient (Wildman–Crippen LogP) is 2.99. The zero-order chi connectivity index (χ0) is 14.0. The molecule has 0 saturated carbocycles. The molecule has 1 aliphatic rings. The molecule has 4 nitrogen and oxygen atoms in total. The van der Waals surface area contributed by atoms with Crippen LogP contribution in [0.25, 0.3) is 0 Å². The molecule has 0 unspecified atom stereocenters. The topological polar surface area (TPSA) is 38.8 Å². The first-order valence-corrected chi connectivity index (χ1v) is 6.51. The highest BCUT2D eigenvalue weighted by Crippen LogP contribution is 2.33. The number of rotatable bonds is 2. The maximum atomic E-state index is 12.0. The number of likely N-dealkylation sites (N-methyl/N-ethyl adjacent to an activating group) is 1. The van der Waals surface area contributed by atoms with E-state index in [4.69, 9.17) is 9.47 Å². The summed E-state index contributed by atoms with van der Waals surface area (Å²) in [4.78, 5) is 13.6. The van der Waals surface area contributed by atoms with E-state index in [0.29, 0.717) is 6.61 Å². The Labute approximate surface area is 114 Å². The number of ether oxygens (including phenoxy) is 2. The molecule has 19 heavy (non-hydrogen) atoms. The number of hydrogen-bond donors (Lipinski definition) is 0. The Bertz CT molecular complexity index is 438. The van der Waals surface area contributed by atoms with Gasteiger partial charge in [0.25, 0.3) is 0 Å². The van der Waals surface area contributed by atoms with Gasteiger partial charge in [-0.3, -0.25) is 0 Å². The second-order valence-electron chi connectivity index (χ2n) is 5.82. The second-order valence-corrected chi connectivity index (χ2v) is 5.82. The molecule has 0 bridgehead atoms. The van der Waals surface area contributed by atoms with Crippen molar-refractivity contribution in [2.75, 3.05) is 13.7 Å². The quantitative estimate of drug-likeness (QED) is 0.823. The molecule has 0 N–H and O–H groups in total. The molecule has 0 aromatic heterocycles. The average Bonchev–Trinajstić information content (AvgIpc) is 2.26. The van der Waals surface area contributed by atoms with Gasteiger partial charge in [0.2, 0.25) is 0 Å². The lowest BCUT2D eigenvalue weighted by atomic mass is 9.97. The van der Waals surface area contributed by atoms with Crippen LogP contribution >= 0.6 is 0 Å². The van der Waals surface area contributed by atoms with Crippen LogP contribution in [0.1, 0.15) is 32.4 Å². The number of nitrogens with zero attached hydrogens (tertiary/aromatic N) is 1. The van der Waals surface area contributed by atoms with Crippen LogP contribution in [0.2, 0.25) is 0 Å². The zero-order valence-electron chi connectivity index (χ0n) is 11.9. The van der Waals surface area contributed by atoms with E-state index >= 15 is 0 Å². The zero-order valence-corrected chi connectivity index (χ0v) is 11.9. The fourth-order valence-corrected chi connectivity index (χ4v) is 2.02. The fraction of sp³-hybridized carbons (Fsp3) is 0.533. The molecule has 2 rings (SSSR count). The maximum Gasteiger partial charge on any atom is 0.410 e. The summed E-state index contributed by atoms with van der Waals surface area (Å²) in [6.07, 6.45) is -0.361. The molecule has 0 aliphatic carbocycles. The van der Waals surface area contributed by atoms with Gasteiger partial charge in [0.1, 0.15) is 11.7 Å². The van der Waals surface area contributed by atoms with Crippen molar-refractivity contribution in [3.63, 3.8) is 0 Å². The molecule has 2 atom stereocenters. The molecule has 1 amide bonds. The van der Waals surface area contributed by atoms with Crippen molar-refractivity contribution in [3.05, 3.63) is 35.9 Å². The van der Waals surface area contributed by atoms with Crippen LogP contribution in [0, 0.1) is 0 Å². The lowest BCUT2D eigenvalue weighted by molar-refractivity contribution is -0.129. The summed E-state index contributed by atoms with van der Waals surface area (Å²) >= 11 is 0. The van der Waals surface area contributed by atoms with Crippen molar-refractivity contribution in [3.8, 4) is 0 Å². The Kier molecular flexibility index (Phi) is 3.80. The molecule has 0 spiro atoms. The van der Waals surface area contributed by atoms with Crippen molar-refractivity contribution in [1.29, 1.82) is 0 Å². The van der Waals surface area contributed by atoms with Crippen LogP contribution in [0.15, 0.2) is 30.3 Å². The van der Waals surface area contributed by atoms with Crippen molar-refractivity contribution in [2.24, 2.45) is 0 Å². The van der Waals surface area contributed by atoms with Gasteiger partial charge < -0.3 is 14.4 Å². The molecule has 1 fully saturated rings. The number of carbonyl (C=O) groups excluding carboxylic acids is 1. The molecule has 1 aromatic carbocycles. The Hall–Kier alpha value is -1.55. The fourth-order valence-electron chi connectivity index (χ4n) is 2.02. The molecule has 104 valence electrons. The summed E-state index contributed by atoms with van der Waals surface area (Å²) in [6, 6.07) is 9.98. The molecule has 1 aromatic rings. The highest BCUT2D eigenvalue weighted by atomic mass is 16.6. The summed E-state index contributed by atoms with van der Waals surface area (Å²) in [7, 11) is 1.76.